The molecular formula is C24H25NO4S2. The van der Waals surface area contributed by atoms with Crippen LogP contribution in [0.4, 0.5) is 0 Å². The Morgan fingerprint density at radius 3 is 2.39 bits per heavy atom. The Morgan fingerprint density at radius 1 is 1.16 bits per heavy atom. The molecule has 1 unspecified atom stereocenters. The van der Waals surface area contributed by atoms with Crippen LogP contribution in [-0.4, -0.2) is 32.2 Å². The van der Waals surface area contributed by atoms with E-state index in [0.29, 0.717) is 17.9 Å². The van der Waals surface area contributed by atoms with Gasteiger partial charge in [-0.05, 0) is 48.6 Å². The Balaban J connectivity index is 1.68. The molecule has 0 bridgehead atoms. The van der Waals surface area contributed by atoms with Crippen LogP contribution in [0.25, 0.3) is 6.08 Å². The van der Waals surface area contributed by atoms with Crippen LogP contribution >= 0.6 is 24.0 Å². The number of carboxylic acid groups (broad SMARTS) is 1. The van der Waals surface area contributed by atoms with Crippen molar-refractivity contribution >= 4 is 46.3 Å². The molecule has 3 rings (SSSR count). The van der Waals surface area contributed by atoms with Crippen molar-refractivity contribution in [3.63, 3.8) is 0 Å². The Bertz CT molecular complexity index is 997. The summed E-state index contributed by atoms with van der Waals surface area (Å²) in [7, 11) is 0. The molecule has 1 saturated heterocycles. The number of hydrogen-bond donors (Lipinski definition) is 1. The van der Waals surface area contributed by atoms with Gasteiger partial charge in [0.2, 0.25) is 0 Å². The maximum atomic E-state index is 12.9. The number of amides is 1. The van der Waals surface area contributed by atoms with E-state index in [-0.39, 0.29) is 16.1 Å². The number of nitrogens with zero attached hydrogens (tertiary/aromatic N) is 1. The smallest absolute Gasteiger partial charge is 0.326 e. The fourth-order valence-corrected chi connectivity index (χ4v) is 4.53. The van der Waals surface area contributed by atoms with Gasteiger partial charge in [-0.1, -0.05) is 79.8 Å². The lowest BCUT2D eigenvalue weighted by Crippen LogP contribution is -2.44. The second-order valence-electron chi connectivity index (χ2n) is 7.88. The molecule has 0 radical (unpaired) electrons. The number of thioether (sulfide) groups is 1. The molecule has 162 valence electrons. The van der Waals surface area contributed by atoms with Crippen LogP contribution < -0.4 is 4.74 Å². The minimum atomic E-state index is -1.04. The zero-order valence-corrected chi connectivity index (χ0v) is 19.3. The zero-order chi connectivity index (χ0) is 22.5. The number of carbonyl (C=O) groups excluding carboxylic acids is 1. The van der Waals surface area contributed by atoms with Crippen molar-refractivity contribution in [2.75, 3.05) is 0 Å². The van der Waals surface area contributed by atoms with Crippen LogP contribution in [0.1, 0.15) is 37.0 Å². The summed E-state index contributed by atoms with van der Waals surface area (Å²) < 4.78 is 6.10. The number of aryl methyl sites for hydroxylation is 1. The van der Waals surface area contributed by atoms with Gasteiger partial charge in [-0.3, -0.25) is 9.69 Å². The largest absolute Gasteiger partial charge is 0.489 e. The normalized spacial score (nSPS) is 16.3. The SMILES string of the molecule is Cc1ccc(COc2ccc(/C=C3\SC(=S)N(C(CC(C)C)C(=O)O)C3=O)cc2)cc1. The van der Waals surface area contributed by atoms with Gasteiger partial charge in [0.25, 0.3) is 5.91 Å². The second-order valence-corrected chi connectivity index (χ2v) is 9.55. The number of rotatable bonds is 8. The predicted molar refractivity (Wildman–Crippen MR) is 128 cm³/mol. The summed E-state index contributed by atoms with van der Waals surface area (Å²) in [5.74, 6) is -0.542. The Hall–Kier alpha value is -2.64. The average Bonchev–Trinajstić information content (AvgIpc) is 2.99. The third-order valence-electron chi connectivity index (χ3n) is 4.82. The first-order valence-corrected chi connectivity index (χ1v) is 11.3. The van der Waals surface area contributed by atoms with Gasteiger partial charge in [0, 0.05) is 0 Å². The summed E-state index contributed by atoms with van der Waals surface area (Å²) in [4.78, 5) is 26.2. The van der Waals surface area contributed by atoms with E-state index in [2.05, 4.69) is 0 Å². The van der Waals surface area contributed by atoms with Crippen molar-refractivity contribution in [2.24, 2.45) is 5.92 Å². The van der Waals surface area contributed by atoms with Gasteiger partial charge in [0.15, 0.2) is 0 Å². The van der Waals surface area contributed by atoms with E-state index in [1.165, 1.54) is 10.5 Å². The molecule has 1 heterocycles. The van der Waals surface area contributed by atoms with E-state index in [0.717, 1.165) is 28.6 Å². The Labute approximate surface area is 192 Å². The summed E-state index contributed by atoms with van der Waals surface area (Å²) in [5, 5.41) is 9.57. The molecule has 1 amide bonds. The molecule has 0 aromatic heterocycles. The number of hydrogen-bond acceptors (Lipinski definition) is 5. The van der Waals surface area contributed by atoms with Crippen molar-refractivity contribution in [3.05, 3.63) is 70.1 Å². The van der Waals surface area contributed by atoms with E-state index >= 15 is 0 Å². The molecule has 5 nitrogen and oxygen atoms in total. The first kappa shape index (κ1) is 23.0. The molecule has 0 spiro atoms. The zero-order valence-electron chi connectivity index (χ0n) is 17.7. The van der Waals surface area contributed by atoms with Crippen LogP contribution in [-0.2, 0) is 16.2 Å². The van der Waals surface area contributed by atoms with Crippen molar-refractivity contribution in [2.45, 2.75) is 39.8 Å². The highest BCUT2D eigenvalue weighted by molar-refractivity contribution is 8.26. The lowest BCUT2D eigenvalue weighted by molar-refractivity contribution is -0.145. The molecule has 31 heavy (non-hydrogen) atoms. The molecule has 0 saturated carbocycles. The Kier molecular flexibility index (Phi) is 7.51. The van der Waals surface area contributed by atoms with Crippen LogP contribution in [0, 0.1) is 12.8 Å². The van der Waals surface area contributed by atoms with Crippen LogP contribution in [0.2, 0.25) is 0 Å². The highest BCUT2D eigenvalue weighted by atomic mass is 32.2. The highest BCUT2D eigenvalue weighted by Gasteiger charge is 2.40. The van der Waals surface area contributed by atoms with E-state index in [9.17, 15) is 14.7 Å². The van der Waals surface area contributed by atoms with E-state index < -0.39 is 12.0 Å². The van der Waals surface area contributed by atoms with Crippen LogP contribution in [0.3, 0.4) is 0 Å². The van der Waals surface area contributed by atoms with Crippen molar-refractivity contribution in [1.29, 1.82) is 0 Å². The summed E-state index contributed by atoms with van der Waals surface area (Å²) in [6, 6.07) is 14.6. The van der Waals surface area contributed by atoms with Crippen LogP contribution in [0.5, 0.6) is 5.75 Å². The lowest BCUT2D eigenvalue weighted by Gasteiger charge is -2.24. The summed E-state index contributed by atoms with van der Waals surface area (Å²) in [5.41, 5.74) is 3.11. The van der Waals surface area contributed by atoms with Gasteiger partial charge in [-0.25, -0.2) is 4.79 Å². The van der Waals surface area contributed by atoms with Gasteiger partial charge in [0.05, 0.1) is 4.91 Å². The molecule has 0 aliphatic carbocycles. The molecular weight excluding hydrogens is 430 g/mol. The molecule has 2 aromatic carbocycles. The molecule has 1 N–H and O–H groups in total. The number of ether oxygens (including phenoxy) is 1. The fraction of sp³-hybridized carbons (Fsp3) is 0.292. The minimum Gasteiger partial charge on any atom is -0.489 e. The maximum absolute atomic E-state index is 12.9. The Morgan fingerprint density at radius 2 is 1.81 bits per heavy atom. The van der Waals surface area contributed by atoms with Gasteiger partial charge < -0.3 is 9.84 Å². The number of benzene rings is 2. The average molecular weight is 456 g/mol. The lowest BCUT2D eigenvalue weighted by atomic mass is 10.0. The second kappa shape index (κ2) is 10.1. The molecule has 1 fully saturated rings. The highest BCUT2D eigenvalue weighted by Crippen LogP contribution is 2.35. The summed E-state index contributed by atoms with van der Waals surface area (Å²) in [6.07, 6.45) is 2.08. The first-order chi connectivity index (χ1) is 14.7. The molecule has 7 heteroatoms. The van der Waals surface area contributed by atoms with Gasteiger partial charge in [0.1, 0.15) is 22.7 Å². The monoisotopic (exact) mass is 455 g/mol. The van der Waals surface area contributed by atoms with E-state index in [1.807, 2.05) is 69.3 Å². The predicted octanol–water partition coefficient (Wildman–Crippen LogP) is 5.27. The van der Waals surface area contributed by atoms with E-state index in [4.69, 9.17) is 17.0 Å². The van der Waals surface area contributed by atoms with Gasteiger partial charge in [-0.15, -0.1) is 0 Å². The number of thiocarbonyl (C=S) groups is 1. The standard InChI is InChI=1S/C24H25NO4S2/c1-15(2)12-20(23(27)28)25-22(26)21(31-24(25)30)13-17-8-10-19(11-9-17)29-14-18-6-4-16(3)5-7-18/h4-11,13,15,20H,12,14H2,1-3H3,(H,27,28)/b21-13-. The molecule has 1 aliphatic heterocycles. The van der Waals surface area contributed by atoms with Crippen molar-refractivity contribution in [3.8, 4) is 5.75 Å². The molecule has 1 aliphatic rings. The number of carbonyl (C=O) groups is 2. The van der Waals surface area contributed by atoms with Crippen molar-refractivity contribution < 1.29 is 19.4 Å². The summed E-state index contributed by atoms with van der Waals surface area (Å²) in [6.45, 7) is 6.37. The molecule has 2 aromatic rings. The van der Waals surface area contributed by atoms with Crippen molar-refractivity contribution in [1.82, 2.24) is 4.90 Å². The first-order valence-electron chi connectivity index (χ1n) is 10.0. The van der Waals surface area contributed by atoms with Gasteiger partial charge in [-0.2, -0.15) is 0 Å². The minimum absolute atomic E-state index is 0.127. The third-order valence-corrected chi connectivity index (χ3v) is 6.15. The number of carboxylic acids is 1. The molecule has 1 atom stereocenters. The van der Waals surface area contributed by atoms with Crippen LogP contribution in [0.15, 0.2) is 53.4 Å². The fourth-order valence-electron chi connectivity index (χ4n) is 3.17. The van der Waals surface area contributed by atoms with E-state index in [1.54, 1.807) is 6.08 Å². The topological polar surface area (TPSA) is 66.8 Å². The number of aliphatic carboxylic acids is 1. The maximum Gasteiger partial charge on any atom is 0.326 e. The van der Waals surface area contributed by atoms with Gasteiger partial charge >= 0.3 is 5.97 Å². The third kappa shape index (κ3) is 5.95. The quantitative estimate of drug-likeness (QED) is 0.432. The summed E-state index contributed by atoms with van der Waals surface area (Å²) >= 11 is 6.45.